The summed E-state index contributed by atoms with van der Waals surface area (Å²) in [6, 6.07) is 14.5. The molecule has 4 aromatic rings. The number of benzene rings is 3. The van der Waals surface area contributed by atoms with Gasteiger partial charge in [0, 0.05) is 12.5 Å². The quantitative estimate of drug-likeness (QED) is 0.424. The Hall–Kier alpha value is -4.74. The molecule has 1 atom stereocenters. The molecular weight excluding hydrogens is 489 g/mol. The Kier molecular flexibility index (Phi) is 6.30. The average molecular weight is 508 g/mol. The first-order chi connectivity index (χ1) is 17.8. The van der Waals surface area contributed by atoms with E-state index in [2.05, 4.69) is 20.8 Å². The summed E-state index contributed by atoms with van der Waals surface area (Å²) in [6.07, 6.45) is -1.47. The molecule has 1 aliphatic rings. The molecule has 3 aromatic carbocycles. The van der Waals surface area contributed by atoms with Gasteiger partial charge in [-0.05, 0) is 40.3 Å². The highest BCUT2D eigenvalue weighted by molar-refractivity contribution is 5.90. The maximum Gasteiger partial charge on any atom is 0.414 e. The summed E-state index contributed by atoms with van der Waals surface area (Å²) >= 11 is 0. The Bertz CT molecular complexity index is 1470. The van der Waals surface area contributed by atoms with Gasteiger partial charge in [-0.3, -0.25) is 9.69 Å². The predicted molar refractivity (Wildman–Crippen MR) is 126 cm³/mol. The van der Waals surface area contributed by atoms with Crippen molar-refractivity contribution in [2.24, 2.45) is 0 Å². The van der Waals surface area contributed by atoms with Gasteiger partial charge in [0.05, 0.1) is 24.3 Å². The number of carbonyl (C=O) groups is 2. The molecule has 2 heterocycles. The molecule has 0 saturated carbocycles. The fraction of sp³-hybridized carbons (Fsp3) is 0.160. The van der Waals surface area contributed by atoms with Crippen molar-refractivity contribution < 1.29 is 27.5 Å². The fourth-order valence-corrected chi connectivity index (χ4v) is 4.04. The van der Waals surface area contributed by atoms with Gasteiger partial charge in [0.1, 0.15) is 29.2 Å². The van der Waals surface area contributed by atoms with Crippen molar-refractivity contribution >= 4 is 17.7 Å². The van der Waals surface area contributed by atoms with Crippen LogP contribution in [0.25, 0.3) is 28.2 Å². The number of nitrogens with one attached hydrogen (secondary N) is 1. The number of amides is 2. The molecular formula is C25H19F3N6O3. The minimum atomic E-state index is -0.993. The second-order valence-corrected chi connectivity index (χ2v) is 8.28. The molecule has 1 fully saturated rings. The van der Waals surface area contributed by atoms with Crippen LogP contribution in [0.1, 0.15) is 6.92 Å². The Morgan fingerprint density at radius 1 is 1.03 bits per heavy atom. The lowest BCUT2D eigenvalue weighted by atomic mass is 10.0. The van der Waals surface area contributed by atoms with Gasteiger partial charge in [-0.15, -0.1) is 5.10 Å². The van der Waals surface area contributed by atoms with Crippen LogP contribution in [0, 0.1) is 17.5 Å². The number of ether oxygens (including phenoxy) is 1. The van der Waals surface area contributed by atoms with Crippen molar-refractivity contribution in [2.75, 3.05) is 18.0 Å². The highest BCUT2D eigenvalue weighted by atomic mass is 19.1. The number of hydrogen-bond donors (Lipinski definition) is 1. The Morgan fingerprint density at radius 3 is 2.43 bits per heavy atom. The number of cyclic esters (lactones) is 1. The molecule has 1 aromatic heterocycles. The smallest absolute Gasteiger partial charge is 0.414 e. The van der Waals surface area contributed by atoms with Crippen LogP contribution in [0.5, 0.6) is 0 Å². The summed E-state index contributed by atoms with van der Waals surface area (Å²) in [6.45, 7) is 1.38. The van der Waals surface area contributed by atoms with Crippen LogP contribution in [0.3, 0.4) is 0 Å². The molecule has 5 rings (SSSR count). The minimum Gasteiger partial charge on any atom is -0.442 e. The number of anilines is 1. The zero-order chi connectivity index (χ0) is 26.1. The highest BCUT2D eigenvalue weighted by Crippen LogP contribution is 2.33. The number of carbonyl (C=O) groups excluding carboxylic acids is 2. The van der Waals surface area contributed by atoms with E-state index in [0.29, 0.717) is 11.4 Å². The topological polar surface area (TPSA) is 102 Å². The molecule has 12 heteroatoms. The normalized spacial score (nSPS) is 15.1. The number of aromatic nitrogens is 4. The number of nitrogens with zero attached hydrogens (tertiary/aromatic N) is 5. The molecule has 0 aliphatic carbocycles. The average Bonchev–Trinajstić information content (AvgIpc) is 3.50. The summed E-state index contributed by atoms with van der Waals surface area (Å²) < 4.78 is 51.6. The maximum absolute atomic E-state index is 15.1. The van der Waals surface area contributed by atoms with E-state index in [1.807, 2.05) is 6.07 Å². The molecule has 188 valence electrons. The second kappa shape index (κ2) is 9.72. The fourth-order valence-electron chi connectivity index (χ4n) is 4.04. The van der Waals surface area contributed by atoms with Gasteiger partial charge in [0.15, 0.2) is 5.82 Å². The zero-order valence-electron chi connectivity index (χ0n) is 19.4. The third-order valence-corrected chi connectivity index (χ3v) is 5.76. The number of tetrazole rings is 1. The molecule has 1 saturated heterocycles. The van der Waals surface area contributed by atoms with Crippen molar-refractivity contribution in [2.45, 2.75) is 13.0 Å². The summed E-state index contributed by atoms with van der Waals surface area (Å²) in [5.74, 6) is -2.79. The molecule has 2 amide bonds. The molecule has 9 nitrogen and oxygen atoms in total. The van der Waals surface area contributed by atoms with Gasteiger partial charge in [-0.1, -0.05) is 36.4 Å². The lowest BCUT2D eigenvalue weighted by molar-refractivity contribution is -0.119. The zero-order valence-corrected chi connectivity index (χ0v) is 19.4. The van der Waals surface area contributed by atoms with Gasteiger partial charge in [-0.2, -0.15) is 4.68 Å². The number of rotatable bonds is 6. The van der Waals surface area contributed by atoms with Crippen LogP contribution >= 0.6 is 0 Å². The monoisotopic (exact) mass is 508 g/mol. The van der Waals surface area contributed by atoms with Crippen LogP contribution in [0.2, 0.25) is 0 Å². The van der Waals surface area contributed by atoms with Gasteiger partial charge >= 0.3 is 6.09 Å². The predicted octanol–water partition coefficient (Wildman–Crippen LogP) is 3.87. The van der Waals surface area contributed by atoms with Crippen LogP contribution in [0.4, 0.5) is 23.7 Å². The summed E-state index contributed by atoms with van der Waals surface area (Å²) in [4.78, 5) is 24.4. The van der Waals surface area contributed by atoms with Crippen LogP contribution in [-0.4, -0.2) is 51.4 Å². The molecule has 0 unspecified atom stereocenters. The number of hydrogen-bond acceptors (Lipinski definition) is 6. The van der Waals surface area contributed by atoms with Gasteiger partial charge in [-0.25, -0.2) is 18.0 Å². The van der Waals surface area contributed by atoms with Gasteiger partial charge < -0.3 is 10.1 Å². The largest absolute Gasteiger partial charge is 0.442 e. The minimum absolute atomic E-state index is 0.00362. The highest BCUT2D eigenvalue weighted by Gasteiger charge is 2.33. The van der Waals surface area contributed by atoms with E-state index in [0.717, 1.165) is 23.1 Å². The molecule has 1 aliphatic heterocycles. The molecule has 0 spiro atoms. The van der Waals surface area contributed by atoms with Gasteiger partial charge in [0.2, 0.25) is 5.91 Å². The van der Waals surface area contributed by atoms with Crippen molar-refractivity contribution in [3.8, 4) is 28.2 Å². The van der Waals surface area contributed by atoms with E-state index in [1.54, 1.807) is 24.3 Å². The second-order valence-electron chi connectivity index (χ2n) is 8.28. The maximum atomic E-state index is 15.1. The van der Waals surface area contributed by atoms with Crippen LogP contribution in [0.15, 0.2) is 60.7 Å². The van der Waals surface area contributed by atoms with Crippen molar-refractivity contribution in [1.82, 2.24) is 25.5 Å². The summed E-state index contributed by atoms with van der Waals surface area (Å²) in [5.41, 5.74) is 0.0760. The van der Waals surface area contributed by atoms with E-state index >= 15 is 13.2 Å². The molecule has 0 radical (unpaired) electrons. The Labute approximate surface area is 208 Å². The Balaban J connectivity index is 1.43. The first kappa shape index (κ1) is 24.0. The third-order valence-electron chi connectivity index (χ3n) is 5.76. The van der Waals surface area contributed by atoms with E-state index < -0.39 is 35.2 Å². The standard InChI is InChI=1S/C25H19F3N6O3/c1-14(35)29-12-18-13-33(25(36)37-18)17-10-20(27)23(21(28)11-17)16-7-8-22(19(26)9-16)34-24(30-31-32-34)15-5-3-2-4-6-15/h2-11,18H,12-13H2,1H3,(H,29,35)/t18-/m0/s1. The van der Waals surface area contributed by atoms with E-state index in [1.165, 1.54) is 23.7 Å². The van der Waals surface area contributed by atoms with Crippen molar-refractivity contribution in [3.05, 3.63) is 78.1 Å². The summed E-state index contributed by atoms with van der Waals surface area (Å²) in [7, 11) is 0. The van der Waals surface area contributed by atoms with E-state index in [-0.39, 0.29) is 35.9 Å². The lowest BCUT2D eigenvalue weighted by Gasteiger charge is -2.16. The van der Waals surface area contributed by atoms with E-state index in [9.17, 15) is 9.59 Å². The lowest BCUT2D eigenvalue weighted by Crippen LogP contribution is -2.33. The van der Waals surface area contributed by atoms with Gasteiger partial charge in [0.25, 0.3) is 0 Å². The third kappa shape index (κ3) is 4.73. The first-order valence-corrected chi connectivity index (χ1v) is 11.2. The van der Waals surface area contributed by atoms with Crippen molar-refractivity contribution in [1.29, 1.82) is 0 Å². The van der Waals surface area contributed by atoms with Crippen LogP contribution < -0.4 is 10.2 Å². The molecule has 37 heavy (non-hydrogen) atoms. The number of halogens is 3. The summed E-state index contributed by atoms with van der Waals surface area (Å²) in [5, 5.41) is 13.9. The first-order valence-electron chi connectivity index (χ1n) is 11.2. The van der Waals surface area contributed by atoms with E-state index in [4.69, 9.17) is 4.74 Å². The molecule has 1 N–H and O–H groups in total. The Morgan fingerprint density at radius 2 is 1.76 bits per heavy atom. The SMILES string of the molecule is CC(=O)NC[C@H]1CN(c2cc(F)c(-c3ccc(-n4nnnc4-c4ccccc4)c(F)c3)c(F)c2)C(=O)O1. The van der Waals surface area contributed by atoms with Crippen LogP contribution in [-0.2, 0) is 9.53 Å². The molecule has 0 bridgehead atoms. The van der Waals surface area contributed by atoms with Crippen molar-refractivity contribution in [3.63, 3.8) is 0 Å².